The van der Waals surface area contributed by atoms with Gasteiger partial charge in [0.1, 0.15) is 24.1 Å². The standard InChI is InChI=1S/C11H13ClO5/c12-6-3-1-2-4-8(6)17-11-10(15)9(14)7(13)5-16-11/h1-4,7,9-11,13-15H,5H2. The third-order valence-corrected chi connectivity index (χ3v) is 2.85. The summed E-state index contributed by atoms with van der Waals surface area (Å²) in [6.45, 7) is -0.104. The van der Waals surface area contributed by atoms with Gasteiger partial charge >= 0.3 is 0 Å². The summed E-state index contributed by atoms with van der Waals surface area (Å²) >= 11 is 5.88. The van der Waals surface area contributed by atoms with Crippen LogP contribution in [-0.2, 0) is 4.74 Å². The van der Waals surface area contributed by atoms with Crippen LogP contribution in [0.2, 0.25) is 5.02 Å². The van der Waals surface area contributed by atoms with Gasteiger partial charge in [-0.15, -0.1) is 0 Å². The minimum Gasteiger partial charge on any atom is -0.460 e. The van der Waals surface area contributed by atoms with Crippen molar-refractivity contribution < 1.29 is 24.8 Å². The Labute approximate surface area is 103 Å². The Morgan fingerprint density at radius 2 is 1.88 bits per heavy atom. The second kappa shape index (κ2) is 5.20. The van der Waals surface area contributed by atoms with Gasteiger partial charge < -0.3 is 24.8 Å². The molecule has 1 fully saturated rings. The first-order chi connectivity index (χ1) is 8.09. The number of hydrogen-bond donors (Lipinski definition) is 3. The molecule has 1 aromatic rings. The molecule has 0 spiro atoms. The van der Waals surface area contributed by atoms with Gasteiger partial charge in [-0.1, -0.05) is 23.7 Å². The van der Waals surface area contributed by atoms with E-state index in [1.807, 2.05) is 0 Å². The largest absolute Gasteiger partial charge is 0.460 e. The van der Waals surface area contributed by atoms with E-state index in [1.54, 1.807) is 24.3 Å². The van der Waals surface area contributed by atoms with Crippen LogP contribution in [0.3, 0.4) is 0 Å². The van der Waals surface area contributed by atoms with Gasteiger partial charge in [-0.3, -0.25) is 0 Å². The van der Waals surface area contributed by atoms with E-state index in [9.17, 15) is 15.3 Å². The molecule has 0 radical (unpaired) electrons. The van der Waals surface area contributed by atoms with Crippen molar-refractivity contribution in [3.05, 3.63) is 29.3 Å². The predicted octanol–water partition coefficient (Wildman–Crippen LogP) is 0.158. The number of para-hydroxylation sites is 1. The van der Waals surface area contributed by atoms with Crippen LogP contribution in [0.25, 0.3) is 0 Å². The molecule has 0 aromatic heterocycles. The van der Waals surface area contributed by atoms with Crippen LogP contribution in [0, 0.1) is 0 Å². The Morgan fingerprint density at radius 1 is 1.18 bits per heavy atom. The summed E-state index contributed by atoms with van der Waals surface area (Å²) in [4.78, 5) is 0. The molecular formula is C11H13ClO5. The average Bonchev–Trinajstić information content (AvgIpc) is 2.32. The van der Waals surface area contributed by atoms with Crippen molar-refractivity contribution in [2.24, 2.45) is 0 Å². The van der Waals surface area contributed by atoms with Crippen molar-refractivity contribution in [2.75, 3.05) is 6.61 Å². The Morgan fingerprint density at radius 3 is 2.59 bits per heavy atom. The summed E-state index contributed by atoms with van der Waals surface area (Å²) in [5.74, 6) is 0.349. The molecule has 4 atom stereocenters. The van der Waals surface area contributed by atoms with Crippen molar-refractivity contribution >= 4 is 11.6 Å². The zero-order chi connectivity index (χ0) is 12.4. The molecule has 94 valence electrons. The molecule has 4 unspecified atom stereocenters. The minimum atomic E-state index is -1.32. The van der Waals surface area contributed by atoms with Gasteiger partial charge in [-0.2, -0.15) is 0 Å². The second-order valence-corrected chi connectivity index (χ2v) is 4.21. The maximum Gasteiger partial charge on any atom is 0.228 e. The molecule has 3 N–H and O–H groups in total. The van der Waals surface area contributed by atoms with Gasteiger partial charge in [0.25, 0.3) is 0 Å². The first-order valence-corrected chi connectivity index (χ1v) is 5.54. The number of aliphatic hydroxyl groups is 3. The van der Waals surface area contributed by atoms with E-state index in [4.69, 9.17) is 21.1 Å². The molecule has 1 saturated heterocycles. The van der Waals surface area contributed by atoms with Crippen LogP contribution >= 0.6 is 11.6 Å². The van der Waals surface area contributed by atoms with Gasteiger partial charge in [0.2, 0.25) is 6.29 Å². The lowest BCUT2D eigenvalue weighted by Crippen LogP contribution is -2.54. The monoisotopic (exact) mass is 260 g/mol. The first-order valence-electron chi connectivity index (χ1n) is 5.16. The van der Waals surface area contributed by atoms with Crippen molar-refractivity contribution in [3.63, 3.8) is 0 Å². The van der Waals surface area contributed by atoms with Crippen LogP contribution < -0.4 is 4.74 Å². The summed E-state index contributed by atoms with van der Waals surface area (Å²) in [5.41, 5.74) is 0. The third kappa shape index (κ3) is 2.70. The Kier molecular flexibility index (Phi) is 3.86. The molecule has 1 heterocycles. The topological polar surface area (TPSA) is 79.2 Å². The summed E-state index contributed by atoms with van der Waals surface area (Å²) in [5, 5.41) is 28.8. The first kappa shape index (κ1) is 12.6. The Bertz CT molecular complexity index is 386. The van der Waals surface area contributed by atoms with Gasteiger partial charge in [-0.25, -0.2) is 0 Å². The summed E-state index contributed by atoms with van der Waals surface area (Å²) in [7, 11) is 0. The quantitative estimate of drug-likeness (QED) is 0.706. The number of aliphatic hydroxyl groups excluding tert-OH is 3. The van der Waals surface area contributed by atoms with E-state index < -0.39 is 24.6 Å². The van der Waals surface area contributed by atoms with Crippen LogP contribution in [0.4, 0.5) is 0 Å². The molecule has 1 aliphatic heterocycles. The highest BCUT2D eigenvalue weighted by Crippen LogP contribution is 2.27. The number of rotatable bonds is 2. The lowest BCUT2D eigenvalue weighted by molar-refractivity contribution is -0.242. The van der Waals surface area contributed by atoms with E-state index in [2.05, 4.69) is 0 Å². The highest BCUT2D eigenvalue weighted by molar-refractivity contribution is 6.32. The molecular weight excluding hydrogens is 248 g/mol. The Balaban J connectivity index is 2.07. The zero-order valence-corrected chi connectivity index (χ0v) is 9.62. The fourth-order valence-electron chi connectivity index (χ4n) is 1.55. The van der Waals surface area contributed by atoms with E-state index in [1.165, 1.54) is 0 Å². The highest BCUT2D eigenvalue weighted by Gasteiger charge is 2.39. The van der Waals surface area contributed by atoms with Gasteiger partial charge in [0.15, 0.2) is 0 Å². The fourth-order valence-corrected chi connectivity index (χ4v) is 1.73. The van der Waals surface area contributed by atoms with E-state index >= 15 is 0 Å². The van der Waals surface area contributed by atoms with E-state index in [-0.39, 0.29) is 6.61 Å². The average molecular weight is 261 g/mol. The summed E-state index contributed by atoms with van der Waals surface area (Å²) < 4.78 is 10.4. The molecule has 6 heteroatoms. The highest BCUT2D eigenvalue weighted by atomic mass is 35.5. The summed E-state index contributed by atoms with van der Waals surface area (Å²) in [6, 6.07) is 6.72. The van der Waals surface area contributed by atoms with Crippen LogP contribution in [0.5, 0.6) is 5.75 Å². The molecule has 2 rings (SSSR count). The maximum atomic E-state index is 9.66. The lowest BCUT2D eigenvalue weighted by atomic mass is 10.1. The normalized spacial score (nSPS) is 33.4. The van der Waals surface area contributed by atoms with Gasteiger partial charge in [0, 0.05) is 0 Å². The third-order valence-electron chi connectivity index (χ3n) is 2.53. The van der Waals surface area contributed by atoms with Crippen LogP contribution in [-0.4, -0.2) is 46.5 Å². The number of benzene rings is 1. The van der Waals surface area contributed by atoms with E-state index in [0.29, 0.717) is 10.8 Å². The molecule has 1 aromatic carbocycles. The SMILES string of the molecule is OC1COC(Oc2ccccc2Cl)C(O)C1O. The second-order valence-electron chi connectivity index (χ2n) is 3.80. The molecule has 0 aliphatic carbocycles. The summed E-state index contributed by atoms with van der Waals surface area (Å²) in [6.07, 6.45) is -4.78. The molecule has 5 nitrogen and oxygen atoms in total. The lowest BCUT2D eigenvalue weighted by Gasteiger charge is -2.35. The van der Waals surface area contributed by atoms with Crippen molar-refractivity contribution in [1.29, 1.82) is 0 Å². The zero-order valence-electron chi connectivity index (χ0n) is 8.86. The molecule has 1 aliphatic rings. The molecule has 0 saturated carbocycles. The van der Waals surface area contributed by atoms with E-state index in [0.717, 1.165) is 0 Å². The Hall–Kier alpha value is -0.850. The number of ether oxygens (including phenoxy) is 2. The minimum absolute atomic E-state index is 0.104. The smallest absolute Gasteiger partial charge is 0.228 e. The van der Waals surface area contributed by atoms with Crippen molar-refractivity contribution in [3.8, 4) is 5.75 Å². The molecule has 0 amide bonds. The molecule has 0 bridgehead atoms. The predicted molar refractivity (Wildman–Crippen MR) is 59.8 cm³/mol. The van der Waals surface area contributed by atoms with Crippen LogP contribution in [0.1, 0.15) is 0 Å². The van der Waals surface area contributed by atoms with Gasteiger partial charge in [0.05, 0.1) is 11.6 Å². The number of halogens is 1. The van der Waals surface area contributed by atoms with Crippen LogP contribution in [0.15, 0.2) is 24.3 Å². The molecule has 17 heavy (non-hydrogen) atoms. The maximum absolute atomic E-state index is 9.66. The van der Waals surface area contributed by atoms with Crippen molar-refractivity contribution in [1.82, 2.24) is 0 Å². The number of hydrogen-bond acceptors (Lipinski definition) is 5. The van der Waals surface area contributed by atoms with Crippen molar-refractivity contribution in [2.45, 2.75) is 24.6 Å². The van der Waals surface area contributed by atoms with Gasteiger partial charge in [-0.05, 0) is 12.1 Å². The fraction of sp³-hybridized carbons (Fsp3) is 0.455.